The number of aromatic amines is 1. The molecule has 6 nitrogen and oxygen atoms in total. The molecule has 0 atom stereocenters. The second-order valence-electron chi connectivity index (χ2n) is 4.27. The Morgan fingerprint density at radius 3 is 2.72 bits per heavy atom. The van der Waals surface area contributed by atoms with Crippen LogP contribution in [-0.2, 0) is 0 Å². The molecule has 1 aliphatic rings. The molecule has 2 N–H and O–H groups in total. The average molecular weight is 244 g/mol. The van der Waals surface area contributed by atoms with Gasteiger partial charge in [-0.25, -0.2) is 4.79 Å². The molecule has 1 aliphatic carbocycles. The molecule has 0 unspecified atom stereocenters. The standard InChI is InChI=1S/C12H12N4O2/c17-11(13-8-6-7-8)10-14-12(18)16(15-10)9-4-2-1-3-5-9/h1-5,8H,6-7H2,(H,13,17)(H,14,15,18). The van der Waals surface area contributed by atoms with Gasteiger partial charge < -0.3 is 5.32 Å². The monoisotopic (exact) mass is 244 g/mol. The summed E-state index contributed by atoms with van der Waals surface area (Å²) in [6.45, 7) is 0. The number of H-pyrrole nitrogens is 1. The number of nitrogens with zero attached hydrogens (tertiary/aromatic N) is 2. The second kappa shape index (κ2) is 4.14. The van der Waals surface area contributed by atoms with Crippen molar-refractivity contribution in [3.63, 3.8) is 0 Å². The van der Waals surface area contributed by atoms with Crippen molar-refractivity contribution in [2.45, 2.75) is 18.9 Å². The normalized spacial score (nSPS) is 14.4. The maximum absolute atomic E-state index is 11.7. The number of hydrogen-bond donors (Lipinski definition) is 2. The summed E-state index contributed by atoms with van der Waals surface area (Å²) in [6, 6.07) is 9.21. The zero-order valence-corrected chi connectivity index (χ0v) is 9.59. The number of para-hydroxylation sites is 1. The van der Waals surface area contributed by atoms with Crippen molar-refractivity contribution in [3.05, 3.63) is 46.6 Å². The van der Waals surface area contributed by atoms with Crippen LogP contribution in [0.25, 0.3) is 5.69 Å². The van der Waals surface area contributed by atoms with Crippen molar-refractivity contribution in [2.24, 2.45) is 0 Å². The highest BCUT2D eigenvalue weighted by atomic mass is 16.2. The highest BCUT2D eigenvalue weighted by Gasteiger charge is 2.25. The molecule has 1 heterocycles. The predicted octanol–water partition coefficient (Wildman–Crippen LogP) is 0.453. The lowest BCUT2D eigenvalue weighted by molar-refractivity contribution is 0.0940. The molecule has 1 aromatic carbocycles. The number of rotatable bonds is 3. The van der Waals surface area contributed by atoms with Crippen LogP contribution in [0, 0.1) is 0 Å². The van der Waals surface area contributed by atoms with E-state index in [-0.39, 0.29) is 17.8 Å². The van der Waals surface area contributed by atoms with Crippen molar-refractivity contribution in [3.8, 4) is 5.69 Å². The summed E-state index contributed by atoms with van der Waals surface area (Å²) >= 11 is 0. The van der Waals surface area contributed by atoms with E-state index in [4.69, 9.17) is 0 Å². The van der Waals surface area contributed by atoms with Gasteiger partial charge in [0.25, 0.3) is 5.91 Å². The highest BCUT2D eigenvalue weighted by Crippen LogP contribution is 2.18. The summed E-state index contributed by atoms with van der Waals surface area (Å²) in [5.74, 6) is -0.278. The molecule has 1 aromatic heterocycles. The molecule has 0 saturated heterocycles. The Labute approximate surface area is 103 Å². The molecular weight excluding hydrogens is 232 g/mol. The molecule has 1 amide bonds. The van der Waals surface area contributed by atoms with Gasteiger partial charge in [-0.1, -0.05) is 18.2 Å². The molecule has 0 aliphatic heterocycles. The van der Waals surface area contributed by atoms with E-state index in [0.717, 1.165) is 12.8 Å². The van der Waals surface area contributed by atoms with E-state index < -0.39 is 5.69 Å². The molecule has 3 rings (SSSR count). The summed E-state index contributed by atoms with van der Waals surface area (Å²) in [6.07, 6.45) is 1.99. The van der Waals surface area contributed by atoms with Gasteiger partial charge in [0.15, 0.2) is 0 Å². The minimum Gasteiger partial charge on any atom is -0.347 e. The Hall–Kier alpha value is -2.37. The quantitative estimate of drug-likeness (QED) is 0.822. The van der Waals surface area contributed by atoms with E-state index >= 15 is 0 Å². The molecule has 6 heteroatoms. The number of benzene rings is 1. The van der Waals surface area contributed by atoms with Crippen LogP contribution in [-0.4, -0.2) is 26.7 Å². The zero-order valence-electron chi connectivity index (χ0n) is 9.59. The van der Waals surface area contributed by atoms with Crippen LogP contribution < -0.4 is 11.0 Å². The van der Waals surface area contributed by atoms with Gasteiger partial charge in [-0.3, -0.25) is 9.78 Å². The van der Waals surface area contributed by atoms with E-state index in [1.165, 1.54) is 4.68 Å². The molecule has 0 radical (unpaired) electrons. The van der Waals surface area contributed by atoms with Crippen LogP contribution in [0.1, 0.15) is 23.5 Å². The summed E-state index contributed by atoms with van der Waals surface area (Å²) in [4.78, 5) is 25.9. The maximum atomic E-state index is 11.7. The number of amides is 1. The average Bonchev–Trinajstić information content (AvgIpc) is 3.10. The largest absolute Gasteiger partial charge is 0.348 e. The number of hydrogen-bond acceptors (Lipinski definition) is 3. The Morgan fingerprint density at radius 1 is 1.33 bits per heavy atom. The SMILES string of the molecule is O=C(NC1CC1)c1nn(-c2ccccc2)c(=O)[nH]1. The summed E-state index contributed by atoms with van der Waals surface area (Å²) in [7, 11) is 0. The van der Waals surface area contributed by atoms with Gasteiger partial charge in [-0.05, 0) is 25.0 Å². The van der Waals surface area contributed by atoms with Crippen LogP contribution >= 0.6 is 0 Å². The zero-order chi connectivity index (χ0) is 12.5. The lowest BCUT2D eigenvalue weighted by Gasteiger charge is -1.98. The van der Waals surface area contributed by atoms with Crippen molar-refractivity contribution in [2.75, 3.05) is 0 Å². The maximum Gasteiger partial charge on any atom is 0.348 e. The minimum atomic E-state index is -0.415. The molecule has 0 spiro atoms. The molecule has 2 aromatic rings. The third-order valence-electron chi connectivity index (χ3n) is 2.75. The van der Waals surface area contributed by atoms with E-state index in [1.54, 1.807) is 24.3 Å². The van der Waals surface area contributed by atoms with Crippen LogP contribution in [0.15, 0.2) is 35.1 Å². The second-order valence-corrected chi connectivity index (χ2v) is 4.27. The molecular formula is C12H12N4O2. The van der Waals surface area contributed by atoms with Crippen LogP contribution in [0.5, 0.6) is 0 Å². The lowest BCUT2D eigenvalue weighted by atomic mass is 10.3. The molecule has 1 fully saturated rings. The van der Waals surface area contributed by atoms with E-state index in [1.807, 2.05) is 6.07 Å². The number of nitrogens with one attached hydrogen (secondary N) is 2. The topological polar surface area (TPSA) is 79.8 Å². The van der Waals surface area contributed by atoms with Gasteiger partial charge in [-0.2, -0.15) is 4.68 Å². The van der Waals surface area contributed by atoms with Crippen molar-refractivity contribution < 1.29 is 4.79 Å². The summed E-state index contributed by atoms with van der Waals surface area (Å²) in [5, 5.41) is 6.77. The number of carbonyl (C=O) groups excluding carboxylic acids is 1. The molecule has 0 bridgehead atoms. The first kappa shape index (κ1) is 10.8. The highest BCUT2D eigenvalue weighted by molar-refractivity contribution is 5.90. The number of carbonyl (C=O) groups is 1. The fraction of sp³-hybridized carbons (Fsp3) is 0.250. The van der Waals surface area contributed by atoms with E-state index in [0.29, 0.717) is 5.69 Å². The first-order chi connectivity index (χ1) is 8.74. The minimum absolute atomic E-state index is 0.0516. The Morgan fingerprint density at radius 2 is 2.06 bits per heavy atom. The number of aromatic nitrogens is 3. The van der Waals surface area contributed by atoms with Crippen molar-refractivity contribution in [1.29, 1.82) is 0 Å². The Kier molecular flexibility index (Phi) is 2.47. The fourth-order valence-electron chi connectivity index (χ4n) is 1.65. The molecule has 92 valence electrons. The van der Waals surface area contributed by atoms with E-state index in [9.17, 15) is 9.59 Å². The van der Waals surface area contributed by atoms with Gasteiger partial charge in [0, 0.05) is 6.04 Å². The summed E-state index contributed by atoms with van der Waals surface area (Å²) < 4.78 is 1.18. The third-order valence-corrected chi connectivity index (χ3v) is 2.75. The predicted molar refractivity (Wildman–Crippen MR) is 64.7 cm³/mol. The molecule has 18 heavy (non-hydrogen) atoms. The van der Waals surface area contributed by atoms with Gasteiger partial charge in [0.05, 0.1) is 5.69 Å². The van der Waals surface area contributed by atoms with Gasteiger partial charge in [0.1, 0.15) is 0 Å². The summed E-state index contributed by atoms with van der Waals surface area (Å²) in [5.41, 5.74) is 0.214. The third kappa shape index (κ3) is 2.04. The van der Waals surface area contributed by atoms with Crippen LogP contribution in [0.4, 0.5) is 0 Å². The first-order valence-electron chi connectivity index (χ1n) is 5.79. The smallest absolute Gasteiger partial charge is 0.347 e. The van der Waals surface area contributed by atoms with Gasteiger partial charge >= 0.3 is 5.69 Å². The van der Waals surface area contributed by atoms with Crippen molar-refractivity contribution in [1.82, 2.24) is 20.1 Å². The van der Waals surface area contributed by atoms with Gasteiger partial charge in [-0.15, -0.1) is 5.10 Å². The van der Waals surface area contributed by atoms with Crippen molar-refractivity contribution >= 4 is 5.91 Å². The Balaban J connectivity index is 1.90. The first-order valence-corrected chi connectivity index (χ1v) is 5.79. The van der Waals surface area contributed by atoms with E-state index in [2.05, 4.69) is 15.4 Å². The molecule has 1 saturated carbocycles. The lowest BCUT2D eigenvalue weighted by Crippen LogP contribution is -2.26. The van der Waals surface area contributed by atoms with Gasteiger partial charge in [0.2, 0.25) is 5.82 Å². The Bertz CT molecular complexity index is 625. The van der Waals surface area contributed by atoms with Crippen LogP contribution in [0.3, 0.4) is 0 Å². The van der Waals surface area contributed by atoms with Crippen LogP contribution in [0.2, 0.25) is 0 Å². The fourth-order valence-corrected chi connectivity index (χ4v) is 1.65.